The summed E-state index contributed by atoms with van der Waals surface area (Å²) < 4.78 is 0. The molecule has 1 saturated carbocycles. The lowest BCUT2D eigenvalue weighted by atomic mass is 9.74. The van der Waals surface area contributed by atoms with E-state index in [-0.39, 0.29) is 5.56 Å². The van der Waals surface area contributed by atoms with E-state index in [9.17, 15) is 4.79 Å². The van der Waals surface area contributed by atoms with Crippen LogP contribution in [0.2, 0.25) is 0 Å². The lowest BCUT2D eigenvalue weighted by molar-refractivity contribution is 0.197. The van der Waals surface area contributed by atoms with E-state index in [0.717, 1.165) is 32.4 Å². The van der Waals surface area contributed by atoms with E-state index in [1.807, 2.05) is 0 Å². The maximum Gasteiger partial charge on any atom is 0.290 e. The summed E-state index contributed by atoms with van der Waals surface area (Å²) in [5.41, 5.74) is 6.49. The summed E-state index contributed by atoms with van der Waals surface area (Å²) in [6, 6.07) is 0.349. The molecule has 0 unspecified atom stereocenters. The molecule has 3 rings (SSSR count). The number of nitrogens with one attached hydrogen (secondary N) is 1. The standard InChI is InChI=1S/C13H20N4O/c14-10-2-1-3-13(10)4-8-17(9-5-13)11-12(18)16-7-6-15-11/h6-7,10H,1-5,8-9,14H2,(H,16,18)/t10-/m1/s1. The van der Waals surface area contributed by atoms with Crippen LogP contribution in [0.25, 0.3) is 0 Å². The van der Waals surface area contributed by atoms with E-state index >= 15 is 0 Å². The molecule has 1 aliphatic carbocycles. The SMILES string of the molecule is N[C@@H]1CCCC12CCN(c1ncc[nH]c1=O)CC2. The molecule has 0 bridgehead atoms. The van der Waals surface area contributed by atoms with Gasteiger partial charge in [0, 0.05) is 31.5 Å². The fourth-order valence-electron chi connectivity index (χ4n) is 3.52. The van der Waals surface area contributed by atoms with E-state index in [2.05, 4.69) is 14.9 Å². The van der Waals surface area contributed by atoms with Crippen LogP contribution in [0.15, 0.2) is 17.2 Å². The Kier molecular flexibility index (Phi) is 2.86. The quantitative estimate of drug-likeness (QED) is 0.773. The van der Waals surface area contributed by atoms with Crippen LogP contribution in [-0.2, 0) is 0 Å². The van der Waals surface area contributed by atoms with Crippen molar-refractivity contribution in [3.63, 3.8) is 0 Å². The molecule has 1 aromatic heterocycles. The number of hydrogen-bond donors (Lipinski definition) is 2. The summed E-state index contributed by atoms with van der Waals surface area (Å²) in [6.45, 7) is 1.79. The van der Waals surface area contributed by atoms with Crippen molar-refractivity contribution in [3.05, 3.63) is 22.7 Å². The monoisotopic (exact) mass is 248 g/mol. The fourth-order valence-corrected chi connectivity index (χ4v) is 3.52. The topological polar surface area (TPSA) is 75.0 Å². The third kappa shape index (κ3) is 1.82. The lowest BCUT2D eigenvalue weighted by Crippen LogP contribution is -2.48. The maximum atomic E-state index is 11.7. The highest BCUT2D eigenvalue weighted by Crippen LogP contribution is 2.45. The summed E-state index contributed by atoms with van der Waals surface area (Å²) in [6.07, 6.45) is 9.05. The van der Waals surface area contributed by atoms with Crippen molar-refractivity contribution < 1.29 is 0 Å². The molecule has 1 saturated heterocycles. The van der Waals surface area contributed by atoms with Crippen molar-refractivity contribution in [1.29, 1.82) is 0 Å². The third-order valence-electron chi connectivity index (χ3n) is 4.72. The van der Waals surface area contributed by atoms with E-state index < -0.39 is 0 Å². The molecular formula is C13H20N4O. The van der Waals surface area contributed by atoms with Crippen molar-refractivity contribution >= 4 is 5.82 Å². The highest BCUT2D eigenvalue weighted by molar-refractivity contribution is 5.36. The second-order valence-electron chi connectivity index (χ2n) is 5.59. The lowest BCUT2D eigenvalue weighted by Gasteiger charge is -2.42. The summed E-state index contributed by atoms with van der Waals surface area (Å²) in [5.74, 6) is 0.555. The third-order valence-corrected chi connectivity index (χ3v) is 4.72. The van der Waals surface area contributed by atoms with E-state index in [0.29, 0.717) is 17.3 Å². The number of piperidine rings is 1. The van der Waals surface area contributed by atoms with Crippen LogP contribution in [0.4, 0.5) is 5.82 Å². The molecule has 98 valence electrons. The number of nitrogens with zero attached hydrogens (tertiary/aromatic N) is 2. The zero-order valence-electron chi connectivity index (χ0n) is 10.6. The Morgan fingerprint density at radius 3 is 2.78 bits per heavy atom. The average Bonchev–Trinajstić information content (AvgIpc) is 2.73. The second kappa shape index (κ2) is 4.39. The Balaban J connectivity index is 1.74. The van der Waals surface area contributed by atoms with Crippen molar-refractivity contribution in [2.45, 2.75) is 38.1 Å². The number of anilines is 1. The molecule has 1 atom stereocenters. The van der Waals surface area contributed by atoms with Gasteiger partial charge in [-0.2, -0.15) is 0 Å². The van der Waals surface area contributed by atoms with Crippen LogP contribution in [0.5, 0.6) is 0 Å². The molecule has 0 aromatic carbocycles. The van der Waals surface area contributed by atoms with Gasteiger partial charge in [-0.25, -0.2) is 4.98 Å². The molecule has 5 heteroatoms. The van der Waals surface area contributed by atoms with Gasteiger partial charge >= 0.3 is 0 Å². The zero-order valence-corrected chi connectivity index (χ0v) is 10.6. The highest BCUT2D eigenvalue weighted by atomic mass is 16.1. The molecule has 1 aromatic rings. The van der Waals surface area contributed by atoms with Gasteiger partial charge in [0.05, 0.1) is 0 Å². The number of aromatic amines is 1. The number of H-pyrrole nitrogens is 1. The smallest absolute Gasteiger partial charge is 0.290 e. The van der Waals surface area contributed by atoms with E-state index in [1.54, 1.807) is 12.4 Å². The fraction of sp³-hybridized carbons (Fsp3) is 0.692. The minimum atomic E-state index is -0.0934. The number of aromatic nitrogens is 2. The molecule has 0 radical (unpaired) electrons. The largest absolute Gasteiger partial charge is 0.352 e. The van der Waals surface area contributed by atoms with Crippen LogP contribution < -0.4 is 16.2 Å². The predicted molar refractivity (Wildman–Crippen MR) is 70.6 cm³/mol. The van der Waals surface area contributed by atoms with Crippen molar-refractivity contribution in [2.24, 2.45) is 11.1 Å². The van der Waals surface area contributed by atoms with Gasteiger partial charge in [-0.1, -0.05) is 6.42 Å². The molecule has 1 spiro atoms. The molecule has 0 amide bonds. The van der Waals surface area contributed by atoms with Gasteiger partial charge in [-0.3, -0.25) is 4.79 Å². The summed E-state index contributed by atoms with van der Waals surface area (Å²) in [4.78, 5) is 20.7. The second-order valence-corrected chi connectivity index (χ2v) is 5.59. The van der Waals surface area contributed by atoms with Gasteiger partial charge in [0.15, 0.2) is 5.82 Å². The Hall–Kier alpha value is -1.36. The van der Waals surface area contributed by atoms with Crippen molar-refractivity contribution in [1.82, 2.24) is 9.97 Å². The van der Waals surface area contributed by atoms with Gasteiger partial charge < -0.3 is 15.6 Å². The van der Waals surface area contributed by atoms with Gasteiger partial charge in [-0.05, 0) is 31.1 Å². The molecule has 2 heterocycles. The van der Waals surface area contributed by atoms with Crippen LogP contribution in [0, 0.1) is 5.41 Å². The molecule has 1 aliphatic heterocycles. The zero-order chi connectivity index (χ0) is 12.6. The minimum absolute atomic E-state index is 0.0934. The van der Waals surface area contributed by atoms with Crippen LogP contribution >= 0.6 is 0 Å². The normalized spacial score (nSPS) is 26.7. The molecule has 5 nitrogen and oxygen atoms in total. The molecular weight excluding hydrogens is 228 g/mol. The summed E-state index contributed by atoms with van der Waals surface area (Å²) >= 11 is 0. The van der Waals surface area contributed by atoms with E-state index in [1.165, 1.54) is 12.8 Å². The Labute approximate surface area is 106 Å². The van der Waals surface area contributed by atoms with Crippen LogP contribution in [-0.4, -0.2) is 29.1 Å². The van der Waals surface area contributed by atoms with Crippen LogP contribution in [0.3, 0.4) is 0 Å². The van der Waals surface area contributed by atoms with Gasteiger partial charge in [0.25, 0.3) is 5.56 Å². The molecule has 3 N–H and O–H groups in total. The van der Waals surface area contributed by atoms with Gasteiger partial charge in [-0.15, -0.1) is 0 Å². The summed E-state index contributed by atoms with van der Waals surface area (Å²) in [5, 5.41) is 0. The predicted octanol–water partition coefficient (Wildman–Crippen LogP) is 0.868. The number of nitrogens with two attached hydrogens (primary N) is 1. The van der Waals surface area contributed by atoms with Gasteiger partial charge in [0.2, 0.25) is 0 Å². The molecule has 2 aliphatic rings. The Morgan fingerprint density at radius 2 is 2.17 bits per heavy atom. The first-order valence-corrected chi connectivity index (χ1v) is 6.75. The molecule has 2 fully saturated rings. The highest BCUT2D eigenvalue weighted by Gasteiger charge is 2.43. The molecule has 18 heavy (non-hydrogen) atoms. The summed E-state index contributed by atoms with van der Waals surface area (Å²) in [7, 11) is 0. The van der Waals surface area contributed by atoms with E-state index in [4.69, 9.17) is 5.73 Å². The first-order chi connectivity index (χ1) is 8.71. The first-order valence-electron chi connectivity index (χ1n) is 6.75. The average molecular weight is 248 g/mol. The Bertz CT molecular complexity index is 476. The Morgan fingerprint density at radius 1 is 1.39 bits per heavy atom. The van der Waals surface area contributed by atoms with Crippen molar-refractivity contribution in [3.8, 4) is 0 Å². The van der Waals surface area contributed by atoms with Gasteiger partial charge in [0.1, 0.15) is 0 Å². The first kappa shape index (κ1) is 11.7. The van der Waals surface area contributed by atoms with Crippen LogP contribution in [0.1, 0.15) is 32.1 Å². The van der Waals surface area contributed by atoms with Crippen molar-refractivity contribution in [2.75, 3.05) is 18.0 Å². The maximum absolute atomic E-state index is 11.7. The number of rotatable bonds is 1. The number of hydrogen-bond acceptors (Lipinski definition) is 4. The minimum Gasteiger partial charge on any atom is -0.352 e.